The minimum atomic E-state index is -0.439. The lowest BCUT2D eigenvalue weighted by Crippen LogP contribution is -2.18. The number of halogens is 2. The molecular weight excluding hydrogens is 205 g/mol. The summed E-state index contributed by atoms with van der Waals surface area (Å²) in [4.78, 5) is 0. The molecule has 0 spiro atoms. The smallest absolute Gasteiger partial charge is 0.142 e. The molecule has 0 radical (unpaired) electrons. The van der Waals surface area contributed by atoms with Crippen molar-refractivity contribution in [3.63, 3.8) is 0 Å². The molecule has 0 aliphatic heterocycles. The van der Waals surface area contributed by atoms with Crippen LogP contribution >= 0.6 is 11.6 Å². The Balaban J connectivity index is 2.55. The minimum absolute atomic E-state index is 0.0721. The monoisotopic (exact) mass is 217 g/mol. The second kappa shape index (κ2) is 5.17. The van der Waals surface area contributed by atoms with Crippen molar-refractivity contribution in [3.05, 3.63) is 29.0 Å². The van der Waals surface area contributed by atoms with Crippen LogP contribution in [0.15, 0.2) is 18.2 Å². The standard InChI is InChI=1S/C10H13ClFNO/c1-7(5-13)6-14-8-2-3-10(12)9(11)4-8/h2-4,7H,5-6,13H2,1H3. The minimum Gasteiger partial charge on any atom is -0.493 e. The number of hydrogen-bond donors (Lipinski definition) is 1. The first-order valence-electron chi connectivity index (χ1n) is 4.41. The fraction of sp³-hybridized carbons (Fsp3) is 0.400. The van der Waals surface area contributed by atoms with E-state index in [4.69, 9.17) is 22.1 Å². The van der Waals surface area contributed by atoms with E-state index in [1.165, 1.54) is 12.1 Å². The summed E-state index contributed by atoms with van der Waals surface area (Å²) in [6, 6.07) is 4.29. The Kier molecular flexibility index (Phi) is 4.17. The topological polar surface area (TPSA) is 35.2 Å². The SMILES string of the molecule is CC(CN)COc1ccc(F)c(Cl)c1. The molecule has 0 heterocycles. The second-order valence-electron chi connectivity index (χ2n) is 3.23. The number of ether oxygens (including phenoxy) is 1. The zero-order valence-corrected chi connectivity index (χ0v) is 8.72. The van der Waals surface area contributed by atoms with Crippen molar-refractivity contribution in [2.75, 3.05) is 13.2 Å². The quantitative estimate of drug-likeness (QED) is 0.841. The summed E-state index contributed by atoms with van der Waals surface area (Å²) in [5.41, 5.74) is 5.42. The molecule has 0 aliphatic rings. The maximum absolute atomic E-state index is 12.8. The normalized spacial score (nSPS) is 12.6. The molecular formula is C10H13ClFNO. The van der Waals surface area contributed by atoms with E-state index in [2.05, 4.69) is 0 Å². The lowest BCUT2D eigenvalue weighted by Gasteiger charge is -2.10. The first-order chi connectivity index (χ1) is 6.63. The molecule has 2 N–H and O–H groups in total. The van der Waals surface area contributed by atoms with Gasteiger partial charge in [0.05, 0.1) is 11.6 Å². The lowest BCUT2D eigenvalue weighted by atomic mass is 10.2. The summed E-state index contributed by atoms with van der Waals surface area (Å²) in [5, 5.41) is 0.0721. The van der Waals surface area contributed by atoms with Crippen LogP contribution in [0.3, 0.4) is 0 Å². The van der Waals surface area contributed by atoms with Crippen LogP contribution in [-0.4, -0.2) is 13.2 Å². The molecule has 0 saturated heterocycles. The molecule has 1 atom stereocenters. The average Bonchev–Trinajstić information content (AvgIpc) is 2.19. The first kappa shape index (κ1) is 11.3. The third-order valence-corrected chi connectivity index (χ3v) is 2.12. The van der Waals surface area contributed by atoms with Gasteiger partial charge in [0, 0.05) is 12.0 Å². The summed E-state index contributed by atoms with van der Waals surface area (Å²) >= 11 is 5.58. The highest BCUT2D eigenvalue weighted by atomic mass is 35.5. The van der Waals surface area contributed by atoms with Crippen molar-refractivity contribution in [2.24, 2.45) is 11.7 Å². The Morgan fingerprint density at radius 3 is 2.86 bits per heavy atom. The van der Waals surface area contributed by atoms with Crippen molar-refractivity contribution in [3.8, 4) is 5.75 Å². The fourth-order valence-corrected chi connectivity index (χ4v) is 1.04. The van der Waals surface area contributed by atoms with Gasteiger partial charge in [-0.25, -0.2) is 4.39 Å². The van der Waals surface area contributed by atoms with Crippen molar-refractivity contribution < 1.29 is 9.13 Å². The van der Waals surface area contributed by atoms with E-state index in [1.807, 2.05) is 6.92 Å². The predicted octanol–water partition coefficient (Wildman–Crippen LogP) is 2.45. The molecule has 0 amide bonds. The highest BCUT2D eigenvalue weighted by Crippen LogP contribution is 2.21. The number of hydrogen-bond acceptors (Lipinski definition) is 2. The summed E-state index contributed by atoms with van der Waals surface area (Å²) in [6.07, 6.45) is 0. The zero-order chi connectivity index (χ0) is 10.6. The number of nitrogens with two attached hydrogens (primary N) is 1. The Hall–Kier alpha value is -0.800. The molecule has 78 valence electrons. The molecule has 0 aromatic heterocycles. The van der Waals surface area contributed by atoms with Crippen LogP contribution < -0.4 is 10.5 Å². The highest BCUT2D eigenvalue weighted by molar-refractivity contribution is 6.30. The Bertz CT molecular complexity index is 306. The van der Waals surface area contributed by atoms with Gasteiger partial charge in [-0.1, -0.05) is 18.5 Å². The van der Waals surface area contributed by atoms with Crippen LogP contribution in [0.4, 0.5) is 4.39 Å². The first-order valence-corrected chi connectivity index (χ1v) is 4.79. The zero-order valence-electron chi connectivity index (χ0n) is 7.97. The van der Waals surface area contributed by atoms with Gasteiger partial charge in [-0.15, -0.1) is 0 Å². The van der Waals surface area contributed by atoms with Gasteiger partial charge in [-0.05, 0) is 18.7 Å². The number of benzene rings is 1. The van der Waals surface area contributed by atoms with Crippen LogP contribution in [0.1, 0.15) is 6.92 Å². The second-order valence-corrected chi connectivity index (χ2v) is 3.63. The van der Waals surface area contributed by atoms with E-state index < -0.39 is 5.82 Å². The van der Waals surface area contributed by atoms with Crippen LogP contribution in [-0.2, 0) is 0 Å². The van der Waals surface area contributed by atoms with E-state index in [1.54, 1.807) is 6.07 Å². The van der Waals surface area contributed by atoms with Crippen molar-refractivity contribution in [2.45, 2.75) is 6.92 Å². The summed E-state index contributed by atoms with van der Waals surface area (Å²) in [6.45, 7) is 3.05. The van der Waals surface area contributed by atoms with Gasteiger partial charge in [0.25, 0.3) is 0 Å². The molecule has 14 heavy (non-hydrogen) atoms. The molecule has 1 unspecified atom stereocenters. The van der Waals surface area contributed by atoms with Gasteiger partial charge in [-0.2, -0.15) is 0 Å². The molecule has 1 rings (SSSR count). The van der Waals surface area contributed by atoms with Gasteiger partial charge in [0.1, 0.15) is 11.6 Å². The van der Waals surface area contributed by atoms with E-state index in [0.717, 1.165) is 0 Å². The van der Waals surface area contributed by atoms with Gasteiger partial charge >= 0.3 is 0 Å². The molecule has 0 saturated carbocycles. The maximum atomic E-state index is 12.8. The summed E-state index contributed by atoms with van der Waals surface area (Å²) < 4.78 is 18.1. The van der Waals surface area contributed by atoms with Gasteiger partial charge in [-0.3, -0.25) is 0 Å². The molecule has 0 fully saturated rings. The van der Waals surface area contributed by atoms with E-state index in [9.17, 15) is 4.39 Å². The maximum Gasteiger partial charge on any atom is 0.142 e. The van der Waals surface area contributed by atoms with Crippen LogP contribution in [0, 0.1) is 11.7 Å². The van der Waals surface area contributed by atoms with Crippen molar-refractivity contribution in [1.82, 2.24) is 0 Å². The Morgan fingerprint density at radius 2 is 2.29 bits per heavy atom. The third kappa shape index (κ3) is 3.16. The third-order valence-electron chi connectivity index (χ3n) is 1.83. The molecule has 2 nitrogen and oxygen atoms in total. The average molecular weight is 218 g/mol. The van der Waals surface area contributed by atoms with Crippen molar-refractivity contribution >= 4 is 11.6 Å². The fourth-order valence-electron chi connectivity index (χ4n) is 0.873. The summed E-state index contributed by atoms with van der Waals surface area (Å²) in [7, 11) is 0. The lowest BCUT2D eigenvalue weighted by molar-refractivity contribution is 0.263. The highest BCUT2D eigenvalue weighted by Gasteiger charge is 2.03. The van der Waals surface area contributed by atoms with E-state index >= 15 is 0 Å². The number of rotatable bonds is 4. The largest absolute Gasteiger partial charge is 0.493 e. The van der Waals surface area contributed by atoms with Gasteiger partial charge in [0.15, 0.2) is 0 Å². The predicted molar refractivity (Wildman–Crippen MR) is 55.1 cm³/mol. The molecule has 0 aliphatic carbocycles. The molecule has 0 bridgehead atoms. The van der Waals surface area contributed by atoms with Gasteiger partial charge < -0.3 is 10.5 Å². The van der Waals surface area contributed by atoms with Crippen LogP contribution in [0.2, 0.25) is 5.02 Å². The van der Waals surface area contributed by atoms with E-state index in [-0.39, 0.29) is 10.9 Å². The van der Waals surface area contributed by atoms with E-state index in [0.29, 0.717) is 18.9 Å². The molecule has 1 aromatic rings. The Labute approximate surface area is 87.8 Å². The molecule has 4 heteroatoms. The van der Waals surface area contributed by atoms with Crippen LogP contribution in [0.25, 0.3) is 0 Å². The molecule has 1 aromatic carbocycles. The van der Waals surface area contributed by atoms with Crippen molar-refractivity contribution in [1.29, 1.82) is 0 Å². The Morgan fingerprint density at radius 1 is 1.57 bits per heavy atom. The van der Waals surface area contributed by atoms with Crippen LogP contribution in [0.5, 0.6) is 5.75 Å². The summed E-state index contributed by atoms with van der Waals surface area (Å²) in [5.74, 6) is 0.404. The van der Waals surface area contributed by atoms with Gasteiger partial charge in [0.2, 0.25) is 0 Å².